The number of carbonyl (C=O) groups is 2. The number of nitrogens with zero attached hydrogens (tertiary/aromatic N) is 1. The number of anilines is 1. The molecular formula is C25H33N3O4. The van der Waals surface area contributed by atoms with E-state index in [0.717, 1.165) is 24.3 Å². The molecule has 7 heteroatoms. The van der Waals surface area contributed by atoms with Gasteiger partial charge in [0.1, 0.15) is 11.4 Å². The second-order valence-electron chi connectivity index (χ2n) is 11.0. The van der Waals surface area contributed by atoms with Crippen molar-refractivity contribution in [2.75, 3.05) is 18.6 Å². The zero-order valence-electron chi connectivity index (χ0n) is 19.5. The molecule has 2 amide bonds. The van der Waals surface area contributed by atoms with E-state index in [1.54, 1.807) is 12.0 Å². The number of piperidine rings is 1. The van der Waals surface area contributed by atoms with Crippen LogP contribution in [0.5, 0.6) is 5.75 Å². The van der Waals surface area contributed by atoms with Crippen LogP contribution in [0.1, 0.15) is 40.5 Å². The number of methoxy groups -OCH3 is 1. The Kier molecular flexibility index (Phi) is 4.73. The first kappa shape index (κ1) is 21.5. The summed E-state index contributed by atoms with van der Waals surface area (Å²) in [6.07, 6.45) is 5.30. The topological polar surface area (TPSA) is 79.9 Å². The number of benzene rings is 1. The Morgan fingerprint density at radius 3 is 2.44 bits per heavy atom. The van der Waals surface area contributed by atoms with Crippen LogP contribution in [0.2, 0.25) is 0 Å². The molecule has 7 nitrogen and oxygen atoms in total. The second kappa shape index (κ2) is 7.06. The predicted octanol–water partition coefficient (Wildman–Crippen LogP) is 2.41. The highest BCUT2D eigenvalue weighted by atomic mass is 16.5. The van der Waals surface area contributed by atoms with Crippen molar-refractivity contribution in [3.63, 3.8) is 0 Å². The van der Waals surface area contributed by atoms with E-state index in [2.05, 4.69) is 38.3 Å². The monoisotopic (exact) mass is 439 g/mol. The van der Waals surface area contributed by atoms with Gasteiger partial charge in [-0.15, -0.1) is 0 Å². The van der Waals surface area contributed by atoms with E-state index in [1.165, 1.54) is 0 Å². The number of nitrogens with one attached hydrogen (secondary N) is 2. The molecule has 3 saturated heterocycles. The first-order chi connectivity index (χ1) is 15.0. The lowest BCUT2D eigenvalue weighted by Crippen LogP contribution is -2.62. The Labute approximate surface area is 189 Å². The van der Waals surface area contributed by atoms with Gasteiger partial charge in [-0.3, -0.25) is 9.59 Å². The van der Waals surface area contributed by atoms with E-state index in [9.17, 15) is 9.59 Å². The van der Waals surface area contributed by atoms with Gasteiger partial charge in [0.25, 0.3) is 0 Å². The van der Waals surface area contributed by atoms with Crippen LogP contribution in [-0.2, 0) is 14.3 Å². The summed E-state index contributed by atoms with van der Waals surface area (Å²) in [5.41, 5.74) is -0.0714. The lowest BCUT2D eigenvalue weighted by Gasteiger charge is -2.47. The van der Waals surface area contributed by atoms with Crippen molar-refractivity contribution in [3.05, 3.63) is 36.4 Å². The van der Waals surface area contributed by atoms with Crippen LogP contribution in [0.15, 0.2) is 36.4 Å². The third kappa shape index (κ3) is 3.42. The van der Waals surface area contributed by atoms with Crippen molar-refractivity contribution in [1.82, 2.24) is 10.6 Å². The molecule has 1 aromatic rings. The number of amides is 2. The van der Waals surface area contributed by atoms with Crippen LogP contribution in [-0.4, -0.2) is 54.3 Å². The molecule has 4 aliphatic heterocycles. The number of rotatable bonds is 4. The van der Waals surface area contributed by atoms with Crippen molar-refractivity contribution in [2.45, 2.75) is 69.4 Å². The molecule has 2 bridgehead atoms. The third-order valence-electron chi connectivity index (χ3n) is 7.32. The van der Waals surface area contributed by atoms with Gasteiger partial charge < -0.3 is 25.0 Å². The average molecular weight is 440 g/mol. The van der Waals surface area contributed by atoms with E-state index >= 15 is 0 Å². The summed E-state index contributed by atoms with van der Waals surface area (Å²) >= 11 is 0. The van der Waals surface area contributed by atoms with Gasteiger partial charge in [0.05, 0.1) is 31.6 Å². The number of carbonyl (C=O) groups excluding carboxylic acids is 2. The SMILES string of the molecule is COc1ccc(N2C[C@@]34C=C[C@@H](O3)[C@H](C(=O)NC3CC(C)(C)NC(C)(C)C3)[C@H]4C2=O)cc1. The molecule has 0 aliphatic carbocycles. The molecule has 0 aromatic heterocycles. The fourth-order valence-electron chi connectivity index (χ4n) is 6.50. The van der Waals surface area contributed by atoms with Gasteiger partial charge in [0.15, 0.2) is 0 Å². The molecule has 4 heterocycles. The van der Waals surface area contributed by atoms with Crippen LogP contribution in [0, 0.1) is 11.8 Å². The summed E-state index contributed by atoms with van der Waals surface area (Å²) in [5, 5.41) is 6.93. The summed E-state index contributed by atoms with van der Waals surface area (Å²) < 4.78 is 11.5. The Hall–Kier alpha value is -2.38. The van der Waals surface area contributed by atoms with Gasteiger partial charge in [-0.1, -0.05) is 12.2 Å². The van der Waals surface area contributed by atoms with Crippen LogP contribution < -0.4 is 20.3 Å². The van der Waals surface area contributed by atoms with Gasteiger partial charge in [-0.2, -0.15) is 0 Å². The van der Waals surface area contributed by atoms with Gasteiger partial charge in [0, 0.05) is 22.8 Å². The number of hydrogen-bond acceptors (Lipinski definition) is 5. The molecule has 0 unspecified atom stereocenters. The van der Waals surface area contributed by atoms with Crippen molar-refractivity contribution in [1.29, 1.82) is 0 Å². The molecule has 4 aliphatic rings. The van der Waals surface area contributed by atoms with E-state index in [0.29, 0.717) is 6.54 Å². The Balaban J connectivity index is 1.36. The van der Waals surface area contributed by atoms with Crippen LogP contribution >= 0.6 is 0 Å². The maximum absolute atomic E-state index is 13.5. The zero-order chi connectivity index (χ0) is 22.9. The molecule has 0 radical (unpaired) electrons. The Bertz CT molecular complexity index is 954. The zero-order valence-corrected chi connectivity index (χ0v) is 19.5. The van der Waals surface area contributed by atoms with Crippen LogP contribution in [0.4, 0.5) is 5.69 Å². The minimum Gasteiger partial charge on any atom is -0.497 e. The standard InChI is InChI=1S/C25H33N3O4/c1-23(2)12-15(13-24(3,4)27-23)26-21(29)19-18-10-11-25(32-18)14-28(22(30)20(19)25)16-6-8-17(31-5)9-7-16/h6-11,15,18-20,27H,12-14H2,1-5H3,(H,26,29)/t18-,19+,20+,25-/m1/s1. The minimum absolute atomic E-state index is 0.0480. The summed E-state index contributed by atoms with van der Waals surface area (Å²) in [5.74, 6) is -0.386. The van der Waals surface area contributed by atoms with Gasteiger partial charge in [0.2, 0.25) is 11.8 Å². The minimum atomic E-state index is -0.726. The first-order valence-corrected chi connectivity index (χ1v) is 11.4. The molecule has 4 atom stereocenters. The lowest BCUT2D eigenvalue weighted by atomic mass is 9.75. The fourth-order valence-corrected chi connectivity index (χ4v) is 6.50. The van der Waals surface area contributed by atoms with Gasteiger partial charge in [-0.05, 0) is 64.8 Å². The van der Waals surface area contributed by atoms with E-state index in [-0.39, 0.29) is 35.0 Å². The smallest absolute Gasteiger partial charge is 0.234 e. The lowest BCUT2D eigenvalue weighted by molar-refractivity contribution is -0.132. The maximum Gasteiger partial charge on any atom is 0.234 e. The van der Waals surface area contributed by atoms with Gasteiger partial charge >= 0.3 is 0 Å². The molecule has 1 aromatic carbocycles. The average Bonchev–Trinajstić information content (AvgIpc) is 3.34. The molecule has 1 spiro atoms. The quantitative estimate of drug-likeness (QED) is 0.705. The molecule has 32 heavy (non-hydrogen) atoms. The molecule has 2 N–H and O–H groups in total. The van der Waals surface area contributed by atoms with Crippen molar-refractivity contribution in [2.24, 2.45) is 11.8 Å². The van der Waals surface area contributed by atoms with Crippen molar-refractivity contribution < 1.29 is 19.1 Å². The van der Waals surface area contributed by atoms with E-state index < -0.39 is 17.4 Å². The van der Waals surface area contributed by atoms with E-state index in [4.69, 9.17) is 9.47 Å². The first-order valence-electron chi connectivity index (χ1n) is 11.4. The Morgan fingerprint density at radius 1 is 1.16 bits per heavy atom. The van der Waals surface area contributed by atoms with E-state index in [1.807, 2.05) is 36.4 Å². The summed E-state index contributed by atoms with van der Waals surface area (Å²) in [4.78, 5) is 28.8. The highest BCUT2D eigenvalue weighted by Crippen LogP contribution is 2.52. The summed E-state index contributed by atoms with van der Waals surface area (Å²) in [7, 11) is 1.62. The summed E-state index contributed by atoms with van der Waals surface area (Å²) in [6.45, 7) is 9.09. The van der Waals surface area contributed by atoms with Crippen molar-refractivity contribution >= 4 is 17.5 Å². The second-order valence-corrected chi connectivity index (χ2v) is 11.0. The largest absolute Gasteiger partial charge is 0.497 e. The fraction of sp³-hybridized carbons (Fsp3) is 0.600. The number of hydrogen-bond donors (Lipinski definition) is 2. The highest BCUT2D eigenvalue weighted by molar-refractivity contribution is 6.03. The Morgan fingerprint density at radius 2 is 1.81 bits per heavy atom. The third-order valence-corrected chi connectivity index (χ3v) is 7.32. The molecule has 0 saturated carbocycles. The number of ether oxygens (including phenoxy) is 2. The van der Waals surface area contributed by atoms with Crippen LogP contribution in [0.25, 0.3) is 0 Å². The molecule has 172 valence electrons. The normalized spacial score (nSPS) is 34.6. The predicted molar refractivity (Wildman–Crippen MR) is 122 cm³/mol. The molecular weight excluding hydrogens is 406 g/mol. The molecule has 5 rings (SSSR count). The summed E-state index contributed by atoms with van der Waals surface area (Å²) in [6, 6.07) is 7.49. The van der Waals surface area contributed by atoms with Crippen molar-refractivity contribution in [3.8, 4) is 5.75 Å². The molecule has 3 fully saturated rings. The van der Waals surface area contributed by atoms with Gasteiger partial charge in [-0.25, -0.2) is 0 Å². The highest BCUT2D eigenvalue weighted by Gasteiger charge is 2.67. The maximum atomic E-state index is 13.5. The number of fused-ring (bicyclic) bond motifs is 1. The van der Waals surface area contributed by atoms with Crippen LogP contribution in [0.3, 0.4) is 0 Å².